The standard InChI is InChI=1S/C19H22FN3O3S.ClH/c20-17-3-1-2-4-18(17)23-27(25,26)16-11-5-13(6-12-16)19(24)22-15-9-7-14(21)8-10-15;/h1-6,11-12,14-15,23H,7-10,21H2,(H,22,24);1H. The molecule has 0 atom stereocenters. The Kier molecular flexibility index (Phi) is 7.40. The second kappa shape index (κ2) is 9.36. The molecule has 28 heavy (non-hydrogen) atoms. The van der Waals surface area contributed by atoms with Crippen LogP contribution in [0.15, 0.2) is 53.4 Å². The smallest absolute Gasteiger partial charge is 0.261 e. The van der Waals surface area contributed by atoms with Gasteiger partial charge in [0.05, 0.1) is 10.6 Å². The van der Waals surface area contributed by atoms with Crippen molar-refractivity contribution in [1.29, 1.82) is 0 Å². The minimum atomic E-state index is -3.95. The van der Waals surface area contributed by atoms with Gasteiger partial charge in [0.25, 0.3) is 15.9 Å². The van der Waals surface area contributed by atoms with Crippen LogP contribution in [-0.4, -0.2) is 26.4 Å². The van der Waals surface area contributed by atoms with Gasteiger partial charge in [-0.15, -0.1) is 12.4 Å². The van der Waals surface area contributed by atoms with Gasteiger partial charge in [0.2, 0.25) is 0 Å². The minimum absolute atomic E-state index is 0. The fourth-order valence-electron chi connectivity index (χ4n) is 3.07. The molecule has 0 radical (unpaired) electrons. The normalized spacial score (nSPS) is 19.4. The molecule has 9 heteroatoms. The Morgan fingerprint density at radius 2 is 1.61 bits per heavy atom. The van der Waals surface area contributed by atoms with Crippen molar-refractivity contribution in [3.05, 3.63) is 59.9 Å². The second-order valence-corrected chi connectivity index (χ2v) is 8.38. The van der Waals surface area contributed by atoms with Gasteiger partial charge in [-0.1, -0.05) is 12.1 Å². The SMILES string of the molecule is Cl.NC1CCC(NC(=O)c2ccc(S(=O)(=O)Nc3ccccc3F)cc2)CC1. The van der Waals surface area contributed by atoms with Gasteiger partial charge in [0.15, 0.2) is 0 Å². The maximum Gasteiger partial charge on any atom is 0.261 e. The summed E-state index contributed by atoms with van der Waals surface area (Å²) >= 11 is 0. The Labute approximate surface area is 170 Å². The number of amides is 1. The zero-order valence-electron chi connectivity index (χ0n) is 15.1. The highest BCUT2D eigenvalue weighted by Gasteiger charge is 2.21. The number of anilines is 1. The summed E-state index contributed by atoms with van der Waals surface area (Å²) in [6.07, 6.45) is 3.44. The number of hydrogen-bond donors (Lipinski definition) is 3. The molecule has 1 saturated carbocycles. The molecule has 6 nitrogen and oxygen atoms in total. The van der Waals surface area contributed by atoms with Gasteiger partial charge in [-0.2, -0.15) is 0 Å². The third kappa shape index (κ3) is 5.43. The van der Waals surface area contributed by atoms with Crippen molar-refractivity contribution in [3.8, 4) is 0 Å². The van der Waals surface area contributed by atoms with Crippen molar-refractivity contribution in [1.82, 2.24) is 5.32 Å². The first-order valence-electron chi connectivity index (χ1n) is 8.79. The number of nitrogens with one attached hydrogen (secondary N) is 2. The molecule has 0 saturated heterocycles. The van der Waals surface area contributed by atoms with E-state index >= 15 is 0 Å². The number of halogens is 2. The molecule has 1 amide bonds. The number of carbonyl (C=O) groups is 1. The Morgan fingerprint density at radius 3 is 2.21 bits per heavy atom. The molecule has 0 bridgehead atoms. The second-order valence-electron chi connectivity index (χ2n) is 6.69. The van der Waals surface area contributed by atoms with E-state index in [1.54, 1.807) is 0 Å². The number of hydrogen-bond acceptors (Lipinski definition) is 4. The number of benzene rings is 2. The Balaban J connectivity index is 0.00000280. The van der Waals surface area contributed by atoms with Crippen LogP contribution < -0.4 is 15.8 Å². The number of nitrogens with two attached hydrogens (primary N) is 1. The van der Waals surface area contributed by atoms with E-state index in [2.05, 4.69) is 10.0 Å². The van der Waals surface area contributed by atoms with Gasteiger partial charge >= 0.3 is 0 Å². The highest BCUT2D eigenvalue weighted by atomic mass is 35.5. The number of rotatable bonds is 5. The zero-order chi connectivity index (χ0) is 19.4. The average molecular weight is 428 g/mol. The summed E-state index contributed by atoms with van der Waals surface area (Å²) in [4.78, 5) is 12.3. The third-order valence-electron chi connectivity index (χ3n) is 4.65. The van der Waals surface area contributed by atoms with Gasteiger partial charge in [0.1, 0.15) is 5.82 Å². The Morgan fingerprint density at radius 1 is 1.00 bits per heavy atom. The molecule has 1 aliphatic carbocycles. The molecule has 1 aliphatic rings. The van der Waals surface area contributed by atoms with E-state index in [9.17, 15) is 17.6 Å². The lowest BCUT2D eigenvalue weighted by atomic mass is 9.91. The minimum Gasteiger partial charge on any atom is -0.349 e. The third-order valence-corrected chi connectivity index (χ3v) is 6.03. The lowest BCUT2D eigenvalue weighted by Gasteiger charge is -2.26. The molecule has 4 N–H and O–H groups in total. The average Bonchev–Trinajstić information content (AvgIpc) is 2.65. The largest absolute Gasteiger partial charge is 0.349 e. The lowest BCUT2D eigenvalue weighted by Crippen LogP contribution is -2.40. The Hall–Kier alpha value is -2.16. The summed E-state index contributed by atoms with van der Waals surface area (Å²) in [7, 11) is -3.95. The molecule has 0 unspecified atom stereocenters. The van der Waals surface area contributed by atoms with Gasteiger partial charge in [0, 0.05) is 17.6 Å². The van der Waals surface area contributed by atoms with Crippen LogP contribution in [0.1, 0.15) is 36.0 Å². The van der Waals surface area contributed by atoms with Crippen LogP contribution in [0.5, 0.6) is 0 Å². The molecule has 152 valence electrons. The van der Waals surface area contributed by atoms with Crippen molar-refractivity contribution in [2.45, 2.75) is 42.7 Å². The monoisotopic (exact) mass is 427 g/mol. The molecular formula is C19H23ClFN3O3S. The van der Waals surface area contributed by atoms with Crippen molar-refractivity contribution in [2.24, 2.45) is 5.73 Å². The number of carbonyl (C=O) groups excluding carboxylic acids is 1. The summed E-state index contributed by atoms with van der Waals surface area (Å²) in [5.41, 5.74) is 6.10. The van der Waals surface area contributed by atoms with Gasteiger partial charge < -0.3 is 11.1 Å². The van der Waals surface area contributed by atoms with Crippen molar-refractivity contribution in [3.63, 3.8) is 0 Å². The van der Waals surface area contributed by atoms with Crippen molar-refractivity contribution < 1.29 is 17.6 Å². The van der Waals surface area contributed by atoms with E-state index < -0.39 is 15.8 Å². The summed E-state index contributed by atoms with van der Waals surface area (Å²) in [5, 5.41) is 2.95. The van der Waals surface area contributed by atoms with Crippen LogP contribution in [-0.2, 0) is 10.0 Å². The van der Waals surface area contributed by atoms with Crippen molar-refractivity contribution in [2.75, 3.05) is 4.72 Å². The summed E-state index contributed by atoms with van der Waals surface area (Å²) in [5.74, 6) is -0.911. The molecule has 0 aromatic heterocycles. The maximum absolute atomic E-state index is 13.7. The highest BCUT2D eigenvalue weighted by molar-refractivity contribution is 7.92. The Bertz CT molecular complexity index is 914. The van der Waals surface area contributed by atoms with Crippen LogP contribution in [0.3, 0.4) is 0 Å². The first-order chi connectivity index (χ1) is 12.8. The molecule has 1 fully saturated rings. The molecule has 2 aromatic carbocycles. The van der Waals surface area contributed by atoms with E-state index in [1.165, 1.54) is 48.5 Å². The summed E-state index contributed by atoms with van der Waals surface area (Å²) in [6.45, 7) is 0. The summed E-state index contributed by atoms with van der Waals surface area (Å²) < 4.78 is 40.7. The predicted molar refractivity (Wildman–Crippen MR) is 109 cm³/mol. The van der Waals surface area contributed by atoms with Gasteiger partial charge in [-0.3, -0.25) is 9.52 Å². The molecule has 0 aliphatic heterocycles. The van der Waals surface area contributed by atoms with E-state index in [0.29, 0.717) is 5.56 Å². The zero-order valence-corrected chi connectivity index (χ0v) is 16.7. The first-order valence-corrected chi connectivity index (χ1v) is 10.3. The van der Waals surface area contributed by atoms with E-state index in [1.807, 2.05) is 0 Å². The van der Waals surface area contributed by atoms with Crippen LogP contribution >= 0.6 is 12.4 Å². The van der Waals surface area contributed by atoms with Crippen LogP contribution in [0.2, 0.25) is 0 Å². The molecule has 3 rings (SSSR count). The molecule has 2 aromatic rings. The van der Waals surface area contributed by atoms with Crippen LogP contribution in [0.4, 0.5) is 10.1 Å². The van der Waals surface area contributed by atoms with E-state index in [-0.39, 0.29) is 41.0 Å². The fraction of sp³-hybridized carbons (Fsp3) is 0.316. The fourth-order valence-corrected chi connectivity index (χ4v) is 4.13. The first kappa shape index (κ1) is 22.1. The quantitative estimate of drug-likeness (QED) is 0.682. The van der Waals surface area contributed by atoms with E-state index in [4.69, 9.17) is 5.73 Å². The topological polar surface area (TPSA) is 101 Å². The maximum atomic E-state index is 13.7. The van der Waals surface area contributed by atoms with E-state index in [0.717, 1.165) is 25.7 Å². The van der Waals surface area contributed by atoms with Gasteiger partial charge in [-0.05, 0) is 62.1 Å². The highest BCUT2D eigenvalue weighted by Crippen LogP contribution is 2.20. The van der Waals surface area contributed by atoms with Crippen molar-refractivity contribution >= 4 is 34.0 Å². The number of para-hydroxylation sites is 1. The summed E-state index contributed by atoms with van der Waals surface area (Å²) in [6, 6.07) is 11.3. The molecule has 0 spiro atoms. The van der Waals surface area contributed by atoms with Crippen LogP contribution in [0, 0.1) is 5.82 Å². The lowest BCUT2D eigenvalue weighted by molar-refractivity contribution is 0.0925. The molecule has 0 heterocycles. The molecular weight excluding hydrogens is 405 g/mol. The van der Waals surface area contributed by atoms with Gasteiger partial charge in [-0.25, -0.2) is 12.8 Å². The van der Waals surface area contributed by atoms with Crippen LogP contribution in [0.25, 0.3) is 0 Å². The predicted octanol–water partition coefficient (Wildman–Crippen LogP) is 3.05. The number of sulfonamides is 1.